The highest BCUT2D eigenvalue weighted by Gasteiger charge is 1.99. The van der Waals surface area contributed by atoms with Gasteiger partial charge in [-0.1, -0.05) is 5.16 Å². The van der Waals surface area contributed by atoms with Gasteiger partial charge in [-0.2, -0.15) is 0 Å². The molecule has 80 valence electrons. The van der Waals surface area contributed by atoms with E-state index >= 15 is 0 Å². The molecule has 0 aromatic carbocycles. The van der Waals surface area contributed by atoms with E-state index in [1.54, 1.807) is 31.5 Å². The number of nitrogens with zero attached hydrogens (tertiary/aromatic N) is 2. The van der Waals surface area contributed by atoms with Gasteiger partial charge in [0.15, 0.2) is 0 Å². The van der Waals surface area contributed by atoms with Gasteiger partial charge in [0.05, 0.1) is 12.8 Å². The Kier molecular flexibility index (Phi) is 4.86. The molecule has 1 aromatic rings. The molecule has 1 heterocycles. The van der Waals surface area contributed by atoms with Crippen LogP contribution in [-0.2, 0) is 14.4 Å². The zero-order valence-electron chi connectivity index (χ0n) is 8.42. The SMILES string of the molecule is CCOC(=O)CO/N=C\c1ccncc1. The van der Waals surface area contributed by atoms with Gasteiger partial charge in [-0.25, -0.2) is 4.79 Å². The third-order valence-corrected chi connectivity index (χ3v) is 1.47. The Bertz CT molecular complexity index is 325. The molecule has 5 nitrogen and oxygen atoms in total. The zero-order valence-corrected chi connectivity index (χ0v) is 8.42. The highest BCUT2D eigenvalue weighted by atomic mass is 16.6. The van der Waals surface area contributed by atoms with E-state index in [0.29, 0.717) is 6.61 Å². The maximum Gasteiger partial charge on any atom is 0.347 e. The van der Waals surface area contributed by atoms with Gasteiger partial charge >= 0.3 is 5.97 Å². The standard InChI is InChI=1S/C10H12N2O3/c1-2-14-10(13)8-15-12-7-9-3-5-11-6-4-9/h3-7H,2,8H2,1H3/b12-7-. The van der Waals surface area contributed by atoms with E-state index in [0.717, 1.165) is 5.56 Å². The van der Waals surface area contributed by atoms with Gasteiger partial charge < -0.3 is 9.57 Å². The molecule has 5 heteroatoms. The van der Waals surface area contributed by atoms with Crippen LogP contribution in [0.4, 0.5) is 0 Å². The molecule has 15 heavy (non-hydrogen) atoms. The van der Waals surface area contributed by atoms with Crippen LogP contribution >= 0.6 is 0 Å². The lowest BCUT2D eigenvalue weighted by Gasteiger charge is -1.98. The Balaban J connectivity index is 2.26. The fourth-order valence-corrected chi connectivity index (χ4v) is 0.840. The predicted octanol–water partition coefficient (Wildman–Crippen LogP) is 0.995. The lowest BCUT2D eigenvalue weighted by Crippen LogP contribution is -2.10. The molecular formula is C10H12N2O3. The summed E-state index contributed by atoms with van der Waals surface area (Å²) in [6, 6.07) is 3.55. The van der Waals surface area contributed by atoms with Crippen molar-refractivity contribution in [1.82, 2.24) is 4.98 Å². The number of hydrogen-bond acceptors (Lipinski definition) is 5. The summed E-state index contributed by atoms with van der Waals surface area (Å²) in [5, 5.41) is 3.61. The molecule has 0 amide bonds. The summed E-state index contributed by atoms with van der Waals surface area (Å²) in [6.45, 7) is 1.91. The first-order chi connectivity index (χ1) is 7.33. The molecule has 0 aliphatic carbocycles. The topological polar surface area (TPSA) is 60.8 Å². The van der Waals surface area contributed by atoms with Crippen LogP contribution in [0.5, 0.6) is 0 Å². The number of hydrogen-bond donors (Lipinski definition) is 0. The van der Waals surface area contributed by atoms with Gasteiger partial charge in [-0.05, 0) is 24.6 Å². The summed E-state index contributed by atoms with van der Waals surface area (Å²) in [7, 11) is 0. The van der Waals surface area contributed by atoms with Crippen molar-refractivity contribution in [2.45, 2.75) is 6.92 Å². The molecule has 0 atom stereocenters. The molecule has 1 rings (SSSR count). The monoisotopic (exact) mass is 208 g/mol. The summed E-state index contributed by atoms with van der Waals surface area (Å²) >= 11 is 0. The molecule has 0 fully saturated rings. The van der Waals surface area contributed by atoms with Crippen molar-refractivity contribution >= 4 is 12.2 Å². The van der Waals surface area contributed by atoms with Crippen LogP contribution in [-0.4, -0.2) is 30.4 Å². The molecule has 0 aliphatic heterocycles. The van der Waals surface area contributed by atoms with Crippen LogP contribution in [0, 0.1) is 0 Å². The number of ether oxygens (including phenoxy) is 1. The van der Waals surface area contributed by atoms with Gasteiger partial charge in [-0.15, -0.1) is 0 Å². The van der Waals surface area contributed by atoms with Crippen molar-refractivity contribution in [3.63, 3.8) is 0 Å². The molecule has 0 saturated heterocycles. The third-order valence-electron chi connectivity index (χ3n) is 1.47. The van der Waals surface area contributed by atoms with Crippen LogP contribution in [0.1, 0.15) is 12.5 Å². The van der Waals surface area contributed by atoms with Crippen molar-refractivity contribution in [3.05, 3.63) is 30.1 Å². The number of esters is 1. The Labute approximate surface area is 87.7 Å². The third kappa shape index (κ3) is 4.75. The van der Waals surface area contributed by atoms with Gasteiger partial charge in [0.1, 0.15) is 0 Å². The van der Waals surface area contributed by atoms with Gasteiger partial charge in [0.25, 0.3) is 0 Å². The van der Waals surface area contributed by atoms with Crippen molar-refractivity contribution in [2.75, 3.05) is 13.2 Å². The maximum atomic E-state index is 10.8. The summed E-state index contributed by atoms with van der Waals surface area (Å²) in [5.74, 6) is -0.427. The summed E-state index contributed by atoms with van der Waals surface area (Å²) in [6.07, 6.45) is 4.79. The second kappa shape index (κ2) is 6.53. The molecule has 0 unspecified atom stereocenters. The van der Waals surface area contributed by atoms with Crippen LogP contribution < -0.4 is 0 Å². The number of carbonyl (C=O) groups is 1. The fraction of sp³-hybridized carbons (Fsp3) is 0.300. The van der Waals surface area contributed by atoms with E-state index in [4.69, 9.17) is 4.84 Å². The van der Waals surface area contributed by atoms with Crippen molar-refractivity contribution < 1.29 is 14.4 Å². The molecule has 1 aromatic heterocycles. The predicted molar refractivity (Wildman–Crippen MR) is 54.4 cm³/mol. The van der Waals surface area contributed by atoms with Gasteiger partial charge in [0, 0.05) is 12.4 Å². The lowest BCUT2D eigenvalue weighted by molar-refractivity contribution is -0.148. The average molecular weight is 208 g/mol. The Morgan fingerprint density at radius 3 is 2.93 bits per heavy atom. The number of aromatic nitrogens is 1. The minimum Gasteiger partial charge on any atom is -0.463 e. The van der Waals surface area contributed by atoms with E-state index in [1.807, 2.05) is 0 Å². The van der Waals surface area contributed by atoms with E-state index in [9.17, 15) is 4.79 Å². The molecule has 0 aliphatic rings. The summed E-state index contributed by atoms with van der Waals surface area (Å²) < 4.78 is 4.65. The highest BCUT2D eigenvalue weighted by Crippen LogP contribution is 1.91. The fourth-order valence-electron chi connectivity index (χ4n) is 0.840. The molecule has 0 radical (unpaired) electrons. The molecule has 0 spiro atoms. The smallest absolute Gasteiger partial charge is 0.347 e. The Morgan fingerprint density at radius 2 is 2.27 bits per heavy atom. The number of oxime groups is 1. The first kappa shape index (κ1) is 11.2. The first-order valence-corrected chi connectivity index (χ1v) is 4.54. The quantitative estimate of drug-likeness (QED) is 0.411. The van der Waals surface area contributed by atoms with Crippen LogP contribution in [0.15, 0.2) is 29.7 Å². The summed E-state index contributed by atoms with van der Waals surface area (Å²) in [4.78, 5) is 19.4. The largest absolute Gasteiger partial charge is 0.463 e. The van der Waals surface area contributed by atoms with E-state index < -0.39 is 5.97 Å². The van der Waals surface area contributed by atoms with Crippen molar-refractivity contribution in [2.24, 2.45) is 5.16 Å². The van der Waals surface area contributed by atoms with E-state index in [-0.39, 0.29) is 6.61 Å². The normalized spacial score (nSPS) is 10.2. The number of rotatable bonds is 5. The van der Waals surface area contributed by atoms with Gasteiger partial charge in [-0.3, -0.25) is 4.98 Å². The maximum absolute atomic E-state index is 10.8. The number of carbonyl (C=O) groups excluding carboxylic acids is 1. The first-order valence-electron chi connectivity index (χ1n) is 4.54. The Morgan fingerprint density at radius 1 is 1.53 bits per heavy atom. The molecule has 0 N–H and O–H groups in total. The average Bonchev–Trinajstić information content (AvgIpc) is 2.26. The zero-order chi connectivity index (χ0) is 10.9. The molecular weight excluding hydrogens is 196 g/mol. The van der Waals surface area contributed by atoms with Crippen LogP contribution in [0.2, 0.25) is 0 Å². The second-order valence-corrected chi connectivity index (χ2v) is 2.59. The summed E-state index contributed by atoms with van der Waals surface area (Å²) in [5.41, 5.74) is 0.855. The highest BCUT2D eigenvalue weighted by molar-refractivity contribution is 5.78. The molecule has 0 saturated carbocycles. The Hall–Kier alpha value is -1.91. The van der Waals surface area contributed by atoms with Crippen molar-refractivity contribution in [1.29, 1.82) is 0 Å². The van der Waals surface area contributed by atoms with E-state index in [1.165, 1.54) is 6.21 Å². The van der Waals surface area contributed by atoms with Crippen molar-refractivity contribution in [3.8, 4) is 0 Å². The lowest BCUT2D eigenvalue weighted by atomic mass is 10.3. The van der Waals surface area contributed by atoms with Gasteiger partial charge in [0.2, 0.25) is 6.61 Å². The number of pyridine rings is 1. The van der Waals surface area contributed by atoms with E-state index in [2.05, 4.69) is 14.9 Å². The minimum absolute atomic E-state index is 0.171. The van der Waals surface area contributed by atoms with Crippen LogP contribution in [0.25, 0.3) is 0 Å². The minimum atomic E-state index is -0.427. The van der Waals surface area contributed by atoms with Crippen LogP contribution in [0.3, 0.4) is 0 Å². The molecule has 0 bridgehead atoms. The second-order valence-electron chi connectivity index (χ2n) is 2.59.